The summed E-state index contributed by atoms with van der Waals surface area (Å²) in [6, 6.07) is 0.0245. The minimum Gasteiger partial charge on any atom is -0.343 e. The van der Waals surface area contributed by atoms with Crippen LogP contribution >= 0.6 is 0 Å². The Morgan fingerprint density at radius 3 is 3.05 bits per heavy atom. The molecule has 0 bridgehead atoms. The highest BCUT2D eigenvalue weighted by Crippen LogP contribution is 2.19. The number of piperidine rings is 1. The van der Waals surface area contributed by atoms with E-state index in [2.05, 4.69) is 24.7 Å². The van der Waals surface area contributed by atoms with Gasteiger partial charge in [0.15, 0.2) is 5.82 Å². The summed E-state index contributed by atoms with van der Waals surface area (Å²) in [5, 5.41) is 6.70. The van der Waals surface area contributed by atoms with Crippen molar-refractivity contribution >= 4 is 10.2 Å². The molecule has 1 aromatic rings. The van der Waals surface area contributed by atoms with Crippen molar-refractivity contribution in [2.45, 2.75) is 31.7 Å². The summed E-state index contributed by atoms with van der Waals surface area (Å²) in [6.45, 7) is 1.51. The SMILES string of the molecule is CNCC1CCCCN1S(=O)(=O)NCCc1ncon1. The van der Waals surface area contributed by atoms with Crippen LogP contribution in [-0.4, -0.2) is 55.6 Å². The quantitative estimate of drug-likeness (QED) is 0.706. The minimum atomic E-state index is -3.45. The number of nitrogens with one attached hydrogen (secondary N) is 2. The van der Waals surface area contributed by atoms with Gasteiger partial charge in [0.2, 0.25) is 6.39 Å². The molecule has 20 heavy (non-hydrogen) atoms. The Balaban J connectivity index is 1.90. The highest BCUT2D eigenvalue weighted by molar-refractivity contribution is 7.87. The summed E-state index contributed by atoms with van der Waals surface area (Å²) < 4.78 is 33.4. The normalized spacial score (nSPS) is 21.1. The second-order valence-corrected chi connectivity index (χ2v) is 6.52. The predicted molar refractivity (Wildman–Crippen MR) is 73.2 cm³/mol. The van der Waals surface area contributed by atoms with Gasteiger partial charge in [-0.2, -0.15) is 17.7 Å². The molecule has 0 radical (unpaired) electrons. The van der Waals surface area contributed by atoms with Gasteiger partial charge in [0.1, 0.15) is 0 Å². The van der Waals surface area contributed by atoms with E-state index in [1.54, 1.807) is 4.31 Å². The summed E-state index contributed by atoms with van der Waals surface area (Å²) in [6.07, 6.45) is 4.53. The zero-order valence-corrected chi connectivity index (χ0v) is 12.4. The van der Waals surface area contributed by atoms with Crippen molar-refractivity contribution in [3.05, 3.63) is 12.2 Å². The Labute approximate surface area is 119 Å². The topological polar surface area (TPSA) is 100 Å². The molecule has 2 heterocycles. The van der Waals surface area contributed by atoms with Gasteiger partial charge in [-0.25, -0.2) is 4.72 Å². The van der Waals surface area contributed by atoms with Crippen molar-refractivity contribution in [3.8, 4) is 0 Å². The number of aromatic nitrogens is 2. The lowest BCUT2D eigenvalue weighted by Crippen LogP contribution is -2.52. The Morgan fingerprint density at radius 1 is 1.50 bits per heavy atom. The average molecular weight is 303 g/mol. The van der Waals surface area contributed by atoms with Crippen LogP contribution in [0.5, 0.6) is 0 Å². The fourth-order valence-corrected chi connectivity index (χ4v) is 3.88. The third-order valence-electron chi connectivity index (χ3n) is 3.36. The molecule has 1 aliphatic heterocycles. The molecule has 1 unspecified atom stereocenters. The van der Waals surface area contributed by atoms with Crippen molar-refractivity contribution in [2.75, 3.05) is 26.7 Å². The number of likely N-dealkylation sites (N-methyl/N-ethyl adjacent to an activating group) is 1. The number of rotatable bonds is 7. The molecule has 2 rings (SSSR count). The minimum absolute atomic E-state index is 0.0245. The summed E-state index contributed by atoms with van der Waals surface area (Å²) in [5.74, 6) is 0.498. The number of hydrogen-bond acceptors (Lipinski definition) is 6. The maximum Gasteiger partial charge on any atom is 0.279 e. The third-order valence-corrected chi connectivity index (χ3v) is 5.03. The van der Waals surface area contributed by atoms with E-state index in [9.17, 15) is 8.42 Å². The second kappa shape index (κ2) is 7.11. The van der Waals surface area contributed by atoms with Crippen LogP contribution in [0.15, 0.2) is 10.9 Å². The molecule has 1 aromatic heterocycles. The van der Waals surface area contributed by atoms with Crippen LogP contribution in [0, 0.1) is 0 Å². The van der Waals surface area contributed by atoms with Gasteiger partial charge in [-0.15, -0.1) is 0 Å². The molecular formula is C11H21N5O3S. The highest BCUT2D eigenvalue weighted by Gasteiger charge is 2.31. The van der Waals surface area contributed by atoms with E-state index in [1.807, 2.05) is 7.05 Å². The first-order valence-corrected chi connectivity index (χ1v) is 8.24. The van der Waals surface area contributed by atoms with E-state index in [-0.39, 0.29) is 12.6 Å². The third kappa shape index (κ3) is 3.98. The molecular weight excluding hydrogens is 282 g/mol. The molecule has 1 saturated heterocycles. The van der Waals surface area contributed by atoms with Crippen LogP contribution in [-0.2, 0) is 16.6 Å². The van der Waals surface area contributed by atoms with Crippen LogP contribution < -0.4 is 10.0 Å². The monoisotopic (exact) mass is 303 g/mol. The standard InChI is InChI=1S/C11H21N5O3S/c1-12-8-10-4-2-3-7-16(10)20(17,18)14-6-5-11-13-9-19-15-11/h9-10,12,14H,2-8H2,1H3. The fraction of sp³-hybridized carbons (Fsp3) is 0.818. The maximum absolute atomic E-state index is 12.3. The first-order valence-electron chi connectivity index (χ1n) is 6.80. The molecule has 9 heteroatoms. The van der Waals surface area contributed by atoms with Crippen LogP contribution in [0.2, 0.25) is 0 Å². The summed E-state index contributed by atoms with van der Waals surface area (Å²) in [5.41, 5.74) is 0. The van der Waals surface area contributed by atoms with Crippen molar-refractivity contribution in [1.29, 1.82) is 0 Å². The largest absolute Gasteiger partial charge is 0.343 e. The van der Waals surface area contributed by atoms with E-state index in [4.69, 9.17) is 0 Å². The van der Waals surface area contributed by atoms with Gasteiger partial charge in [-0.3, -0.25) is 0 Å². The summed E-state index contributed by atoms with van der Waals surface area (Å²) >= 11 is 0. The van der Waals surface area contributed by atoms with Crippen molar-refractivity contribution in [3.63, 3.8) is 0 Å². The molecule has 8 nitrogen and oxygen atoms in total. The summed E-state index contributed by atoms with van der Waals surface area (Å²) in [7, 11) is -1.61. The molecule has 1 fully saturated rings. The Morgan fingerprint density at radius 2 is 2.35 bits per heavy atom. The van der Waals surface area contributed by atoms with Gasteiger partial charge in [0, 0.05) is 32.1 Å². The summed E-state index contributed by atoms with van der Waals surface area (Å²) in [4.78, 5) is 3.86. The van der Waals surface area contributed by atoms with Gasteiger partial charge in [0.25, 0.3) is 10.2 Å². The molecule has 0 aliphatic carbocycles. The maximum atomic E-state index is 12.3. The second-order valence-electron chi connectivity index (χ2n) is 4.81. The zero-order chi connectivity index (χ0) is 14.4. The number of nitrogens with zero attached hydrogens (tertiary/aromatic N) is 3. The molecule has 2 N–H and O–H groups in total. The lowest BCUT2D eigenvalue weighted by atomic mass is 10.1. The van der Waals surface area contributed by atoms with Crippen molar-refractivity contribution in [2.24, 2.45) is 0 Å². The van der Waals surface area contributed by atoms with Gasteiger partial charge in [-0.1, -0.05) is 11.6 Å². The van der Waals surface area contributed by atoms with E-state index >= 15 is 0 Å². The van der Waals surface area contributed by atoms with Gasteiger partial charge >= 0.3 is 0 Å². The van der Waals surface area contributed by atoms with E-state index < -0.39 is 10.2 Å². The van der Waals surface area contributed by atoms with Crippen LogP contribution in [0.1, 0.15) is 25.1 Å². The van der Waals surface area contributed by atoms with E-state index in [0.29, 0.717) is 25.3 Å². The lowest BCUT2D eigenvalue weighted by Gasteiger charge is -2.34. The van der Waals surface area contributed by atoms with Crippen molar-refractivity contribution in [1.82, 2.24) is 24.5 Å². The van der Waals surface area contributed by atoms with Gasteiger partial charge in [0.05, 0.1) is 0 Å². The first-order chi connectivity index (χ1) is 9.63. The molecule has 0 amide bonds. The molecule has 0 aromatic carbocycles. The van der Waals surface area contributed by atoms with Crippen LogP contribution in [0.4, 0.5) is 0 Å². The zero-order valence-electron chi connectivity index (χ0n) is 11.6. The number of hydrogen-bond donors (Lipinski definition) is 2. The van der Waals surface area contributed by atoms with E-state index in [1.165, 1.54) is 6.39 Å². The fourth-order valence-electron chi connectivity index (χ4n) is 2.41. The van der Waals surface area contributed by atoms with Crippen LogP contribution in [0.3, 0.4) is 0 Å². The Bertz CT molecular complexity index is 488. The van der Waals surface area contributed by atoms with E-state index in [0.717, 1.165) is 19.3 Å². The van der Waals surface area contributed by atoms with Gasteiger partial charge in [-0.05, 0) is 19.9 Å². The first kappa shape index (κ1) is 15.4. The molecule has 114 valence electrons. The smallest absolute Gasteiger partial charge is 0.279 e. The Hall–Kier alpha value is -1.03. The molecule has 1 atom stereocenters. The van der Waals surface area contributed by atoms with Crippen molar-refractivity contribution < 1.29 is 12.9 Å². The highest BCUT2D eigenvalue weighted by atomic mass is 32.2. The molecule has 1 aliphatic rings. The lowest BCUT2D eigenvalue weighted by molar-refractivity contribution is 0.246. The van der Waals surface area contributed by atoms with Crippen LogP contribution in [0.25, 0.3) is 0 Å². The molecule has 0 saturated carbocycles. The molecule has 0 spiro atoms. The predicted octanol–water partition coefficient (Wildman–Crippen LogP) is -0.480. The van der Waals surface area contributed by atoms with Gasteiger partial charge < -0.3 is 9.84 Å². The average Bonchev–Trinajstić information content (AvgIpc) is 2.92. The Kier molecular flexibility index (Phi) is 5.46.